The minimum absolute atomic E-state index is 0.260. The largest absolute Gasteiger partial charge is 0.419 e. The minimum Gasteiger partial charge on any atom is -0.408 e. The summed E-state index contributed by atoms with van der Waals surface area (Å²) in [7, 11) is 0. The summed E-state index contributed by atoms with van der Waals surface area (Å²) < 4.78 is 31.5. The highest BCUT2D eigenvalue weighted by atomic mass is 35.5. The van der Waals surface area contributed by atoms with E-state index in [2.05, 4.69) is 4.74 Å². The number of hydrogen-bond donors (Lipinski definition) is 1. The Kier molecular flexibility index (Phi) is 5.05. The van der Waals surface area contributed by atoms with Gasteiger partial charge in [0, 0.05) is 12.1 Å². The number of carbonyl (C=O) groups is 2. The summed E-state index contributed by atoms with van der Waals surface area (Å²) in [4.78, 5) is 33.2. The van der Waals surface area contributed by atoms with Gasteiger partial charge in [0.2, 0.25) is 0 Å². The molecule has 0 heterocycles. The Hall–Kier alpha value is -3.07. The minimum atomic E-state index is -1.36. The van der Waals surface area contributed by atoms with Crippen LogP contribution in [0.1, 0.15) is 10.4 Å². The van der Waals surface area contributed by atoms with Crippen LogP contribution in [0.4, 0.5) is 19.3 Å². The predicted molar refractivity (Wildman–Crippen MR) is 78.0 cm³/mol. The Balaban J connectivity index is 2.11. The van der Waals surface area contributed by atoms with Crippen LogP contribution in [0, 0.1) is 21.7 Å². The molecular weight excluding hydrogens is 350 g/mol. The van der Waals surface area contributed by atoms with Crippen molar-refractivity contribution >= 4 is 29.3 Å². The second-order valence-corrected chi connectivity index (χ2v) is 4.72. The molecule has 0 aromatic heterocycles. The first kappa shape index (κ1) is 17.3. The summed E-state index contributed by atoms with van der Waals surface area (Å²) in [5.74, 6) is -3.95. The van der Waals surface area contributed by atoms with Crippen LogP contribution in [0.5, 0.6) is 5.75 Å². The molecule has 24 heavy (non-hydrogen) atoms. The van der Waals surface area contributed by atoms with E-state index in [9.17, 15) is 28.5 Å². The van der Waals surface area contributed by atoms with Crippen molar-refractivity contribution in [1.29, 1.82) is 0 Å². The van der Waals surface area contributed by atoms with Gasteiger partial charge in [-0.15, -0.1) is 0 Å². The van der Waals surface area contributed by atoms with Gasteiger partial charge >= 0.3 is 6.09 Å². The third-order valence-electron chi connectivity index (χ3n) is 2.73. The number of nitro benzene ring substituents is 1. The quantitative estimate of drug-likeness (QED) is 0.670. The number of ether oxygens (including phenoxy) is 1. The van der Waals surface area contributed by atoms with Gasteiger partial charge in [-0.3, -0.25) is 20.2 Å². The standard InChI is InChI=1S/C14H7ClF2N2O5/c15-8-6-7(19(22)23)4-5-11(8)24-14(21)18-13(20)12-9(16)2-1-3-10(12)17/h1-6H,(H,18,20,21). The Labute approximate surface area is 137 Å². The zero-order valence-electron chi connectivity index (χ0n) is 11.6. The molecule has 7 nitrogen and oxygen atoms in total. The number of halogens is 3. The first-order chi connectivity index (χ1) is 11.3. The number of rotatable bonds is 3. The maximum atomic E-state index is 13.4. The number of nitrogens with one attached hydrogen (secondary N) is 1. The molecule has 2 aromatic rings. The number of benzene rings is 2. The molecule has 2 aromatic carbocycles. The summed E-state index contributed by atoms with van der Waals surface area (Å²) in [5, 5.41) is 11.9. The average molecular weight is 357 g/mol. The molecule has 2 amide bonds. The molecule has 124 valence electrons. The van der Waals surface area contributed by atoms with E-state index in [4.69, 9.17) is 11.6 Å². The number of non-ortho nitro benzene ring substituents is 1. The van der Waals surface area contributed by atoms with Crippen LogP contribution in [0.15, 0.2) is 36.4 Å². The fourth-order valence-corrected chi connectivity index (χ4v) is 1.89. The van der Waals surface area contributed by atoms with Crippen LogP contribution in [-0.4, -0.2) is 16.9 Å². The lowest BCUT2D eigenvalue weighted by molar-refractivity contribution is -0.384. The maximum Gasteiger partial charge on any atom is 0.419 e. The second-order valence-electron chi connectivity index (χ2n) is 4.31. The normalized spacial score (nSPS) is 10.1. The summed E-state index contributed by atoms with van der Waals surface area (Å²) in [6.45, 7) is 0. The summed E-state index contributed by atoms with van der Waals surface area (Å²) in [6.07, 6.45) is -1.36. The maximum absolute atomic E-state index is 13.4. The van der Waals surface area contributed by atoms with Gasteiger partial charge in [-0.1, -0.05) is 17.7 Å². The number of imide groups is 1. The number of carbonyl (C=O) groups excluding carboxylic acids is 2. The van der Waals surface area contributed by atoms with Crippen LogP contribution in [0.3, 0.4) is 0 Å². The molecule has 0 aliphatic heterocycles. The van der Waals surface area contributed by atoms with Crippen molar-refractivity contribution in [3.8, 4) is 5.75 Å². The van der Waals surface area contributed by atoms with E-state index in [0.717, 1.165) is 36.4 Å². The van der Waals surface area contributed by atoms with Crippen LogP contribution >= 0.6 is 11.6 Å². The smallest absolute Gasteiger partial charge is 0.408 e. The average Bonchev–Trinajstić information content (AvgIpc) is 2.48. The molecular formula is C14H7ClF2N2O5. The van der Waals surface area contributed by atoms with Gasteiger partial charge in [-0.25, -0.2) is 13.6 Å². The van der Waals surface area contributed by atoms with E-state index < -0.39 is 34.1 Å². The summed E-state index contributed by atoms with van der Waals surface area (Å²) >= 11 is 5.71. The van der Waals surface area contributed by atoms with Gasteiger partial charge in [0.25, 0.3) is 11.6 Å². The molecule has 0 spiro atoms. The molecule has 0 atom stereocenters. The Bertz CT molecular complexity index is 824. The number of hydrogen-bond acceptors (Lipinski definition) is 5. The van der Waals surface area contributed by atoms with Gasteiger partial charge in [0.05, 0.1) is 9.95 Å². The van der Waals surface area contributed by atoms with E-state index >= 15 is 0 Å². The number of nitrogens with zero attached hydrogens (tertiary/aromatic N) is 1. The van der Waals surface area contributed by atoms with Crippen LogP contribution < -0.4 is 10.1 Å². The van der Waals surface area contributed by atoms with Crippen LogP contribution in [0.2, 0.25) is 5.02 Å². The van der Waals surface area contributed by atoms with Crippen molar-refractivity contribution < 1.29 is 28.0 Å². The molecule has 0 radical (unpaired) electrons. The van der Waals surface area contributed by atoms with E-state index in [1.165, 1.54) is 0 Å². The van der Waals surface area contributed by atoms with E-state index in [0.29, 0.717) is 0 Å². The molecule has 0 saturated heterocycles. The van der Waals surface area contributed by atoms with Crippen molar-refractivity contribution in [2.45, 2.75) is 0 Å². The van der Waals surface area contributed by atoms with Crippen molar-refractivity contribution in [1.82, 2.24) is 5.32 Å². The Morgan fingerprint density at radius 2 is 1.79 bits per heavy atom. The molecule has 10 heteroatoms. The molecule has 1 N–H and O–H groups in total. The van der Waals surface area contributed by atoms with Crippen molar-refractivity contribution in [2.75, 3.05) is 0 Å². The highest BCUT2D eigenvalue weighted by Gasteiger charge is 2.21. The monoisotopic (exact) mass is 356 g/mol. The van der Waals surface area contributed by atoms with Gasteiger partial charge in [0.15, 0.2) is 5.75 Å². The number of amides is 2. The van der Waals surface area contributed by atoms with E-state index in [-0.39, 0.29) is 16.5 Å². The molecule has 0 saturated carbocycles. The zero-order chi connectivity index (χ0) is 17.9. The lowest BCUT2D eigenvalue weighted by Crippen LogP contribution is -2.34. The molecule has 0 unspecified atom stereocenters. The zero-order valence-corrected chi connectivity index (χ0v) is 12.3. The Morgan fingerprint density at radius 3 is 2.33 bits per heavy atom. The highest BCUT2D eigenvalue weighted by Crippen LogP contribution is 2.28. The van der Waals surface area contributed by atoms with E-state index in [1.54, 1.807) is 5.32 Å². The third-order valence-corrected chi connectivity index (χ3v) is 3.03. The first-order valence-corrected chi connectivity index (χ1v) is 6.58. The summed E-state index contributed by atoms with van der Waals surface area (Å²) in [6, 6.07) is 5.73. The second kappa shape index (κ2) is 7.01. The SMILES string of the molecule is O=C(NC(=O)c1c(F)cccc1F)Oc1ccc([N+](=O)[O-])cc1Cl. The Morgan fingerprint density at radius 1 is 1.17 bits per heavy atom. The predicted octanol–water partition coefficient (Wildman–Crippen LogP) is 3.46. The van der Waals surface area contributed by atoms with Crippen molar-refractivity contribution in [3.63, 3.8) is 0 Å². The van der Waals surface area contributed by atoms with Crippen LogP contribution in [0.25, 0.3) is 0 Å². The van der Waals surface area contributed by atoms with Gasteiger partial charge in [-0.05, 0) is 18.2 Å². The van der Waals surface area contributed by atoms with Crippen molar-refractivity contribution in [3.05, 3.63) is 68.7 Å². The fourth-order valence-electron chi connectivity index (χ4n) is 1.68. The third kappa shape index (κ3) is 3.82. The van der Waals surface area contributed by atoms with Gasteiger partial charge in [0.1, 0.15) is 17.2 Å². The number of nitro groups is 1. The van der Waals surface area contributed by atoms with Gasteiger partial charge in [-0.2, -0.15) is 0 Å². The lowest BCUT2D eigenvalue weighted by atomic mass is 10.2. The van der Waals surface area contributed by atoms with Gasteiger partial charge < -0.3 is 4.74 Å². The van der Waals surface area contributed by atoms with Crippen LogP contribution in [-0.2, 0) is 0 Å². The molecule has 0 bridgehead atoms. The first-order valence-electron chi connectivity index (χ1n) is 6.20. The molecule has 0 aliphatic carbocycles. The van der Waals surface area contributed by atoms with Crippen molar-refractivity contribution in [2.24, 2.45) is 0 Å². The van der Waals surface area contributed by atoms with E-state index in [1.807, 2.05) is 0 Å². The topological polar surface area (TPSA) is 98.5 Å². The molecule has 2 rings (SSSR count). The molecule has 0 aliphatic rings. The lowest BCUT2D eigenvalue weighted by Gasteiger charge is -2.08. The highest BCUT2D eigenvalue weighted by molar-refractivity contribution is 6.32. The fraction of sp³-hybridized carbons (Fsp3) is 0. The summed E-state index contributed by atoms with van der Waals surface area (Å²) in [5.41, 5.74) is -1.29. The molecule has 0 fully saturated rings.